The van der Waals surface area contributed by atoms with E-state index in [2.05, 4.69) is 27.0 Å². The fourth-order valence-electron chi connectivity index (χ4n) is 1.68. The second kappa shape index (κ2) is 13.5. The van der Waals surface area contributed by atoms with Crippen molar-refractivity contribution >= 4 is 41.7 Å². The van der Waals surface area contributed by atoms with Crippen LogP contribution in [0.25, 0.3) is 0 Å². The molecule has 0 fully saturated rings. The van der Waals surface area contributed by atoms with Gasteiger partial charge in [-0.25, -0.2) is 0 Å². The van der Waals surface area contributed by atoms with Crippen molar-refractivity contribution in [1.82, 2.24) is 20.4 Å². The lowest BCUT2D eigenvalue weighted by atomic mass is 10.3. The van der Waals surface area contributed by atoms with E-state index in [9.17, 15) is 0 Å². The van der Waals surface area contributed by atoms with Crippen LogP contribution in [0.4, 0.5) is 0 Å². The molecule has 0 radical (unpaired) electrons. The predicted octanol–water partition coefficient (Wildman–Crippen LogP) is 2.20. The molecule has 0 atom stereocenters. The van der Waals surface area contributed by atoms with Gasteiger partial charge in [0.15, 0.2) is 5.96 Å². The molecule has 0 amide bonds. The fourth-order valence-corrected chi connectivity index (χ4v) is 2.17. The lowest BCUT2D eigenvalue weighted by Crippen LogP contribution is -2.38. The maximum absolute atomic E-state index is 4.21. The van der Waals surface area contributed by atoms with Crippen molar-refractivity contribution in [1.29, 1.82) is 0 Å². The number of guanidine groups is 1. The normalized spacial score (nSPS) is 11.0. The first-order valence-corrected chi connectivity index (χ1v) is 8.17. The third-order valence-electron chi connectivity index (χ3n) is 2.71. The van der Waals surface area contributed by atoms with E-state index in [1.165, 1.54) is 18.6 Å². The Morgan fingerprint density at radius 2 is 2.00 bits per heavy atom. The summed E-state index contributed by atoms with van der Waals surface area (Å²) in [6.07, 6.45) is 9.42. The van der Waals surface area contributed by atoms with Gasteiger partial charge in [0.25, 0.3) is 0 Å². The Bertz CT molecular complexity index is 343. The zero-order valence-corrected chi connectivity index (χ0v) is 15.5. The van der Waals surface area contributed by atoms with Crippen molar-refractivity contribution in [3.8, 4) is 0 Å². The molecular formula is C13H26IN5S. The summed E-state index contributed by atoms with van der Waals surface area (Å²) in [5.41, 5.74) is 0. The number of aryl methyl sites for hydroxylation is 1. The highest BCUT2D eigenvalue weighted by molar-refractivity contribution is 14.0. The van der Waals surface area contributed by atoms with Crippen LogP contribution in [0.15, 0.2) is 23.5 Å². The molecule has 5 nitrogen and oxygen atoms in total. The molecule has 116 valence electrons. The molecule has 0 aromatic carbocycles. The third kappa shape index (κ3) is 9.46. The minimum atomic E-state index is 0. The maximum atomic E-state index is 4.21. The second-order valence-electron chi connectivity index (χ2n) is 4.25. The Morgan fingerprint density at radius 3 is 2.60 bits per heavy atom. The van der Waals surface area contributed by atoms with E-state index >= 15 is 0 Å². The van der Waals surface area contributed by atoms with E-state index in [0.29, 0.717) is 0 Å². The number of nitrogens with one attached hydrogen (secondary N) is 2. The zero-order valence-electron chi connectivity index (χ0n) is 12.3. The van der Waals surface area contributed by atoms with Gasteiger partial charge in [-0.15, -0.1) is 24.0 Å². The van der Waals surface area contributed by atoms with E-state index in [1.54, 1.807) is 0 Å². The van der Waals surface area contributed by atoms with Crippen LogP contribution in [-0.2, 0) is 6.54 Å². The minimum Gasteiger partial charge on any atom is -0.356 e. The summed E-state index contributed by atoms with van der Waals surface area (Å²) < 4.78 is 1.94. The van der Waals surface area contributed by atoms with Crippen LogP contribution >= 0.6 is 35.7 Å². The summed E-state index contributed by atoms with van der Waals surface area (Å²) in [6, 6.07) is 1.95. The maximum Gasteiger partial charge on any atom is 0.190 e. The topological polar surface area (TPSA) is 54.2 Å². The van der Waals surface area contributed by atoms with E-state index in [-0.39, 0.29) is 24.0 Å². The number of thioether (sulfide) groups is 1. The highest BCUT2D eigenvalue weighted by Gasteiger charge is 1.97. The van der Waals surface area contributed by atoms with Crippen molar-refractivity contribution in [2.75, 3.05) is 32.1 Å². The lowest BCUT2D eigenvalue weighted by molar-refractivity contribution is 0.570. The summed E-state index contributed by atoms with van der Waals surface area (Å²) >= 11 is 1.90. The standard InChI is InChI=1S/C13H25N5S.HI/c1-14-13(15-7-3-4-12-19-2)16-8-5-10-18-11-6-9-17-18;/h6,9,11H,3-5,7-8,10,12H2,1-2H3,(H2,14,15,16);1H. The molecule has 0 aliphatic heterocycles. The molecule has 7 heteroatoms. The van der Waals surface area contributed by atoms with Crippen molar-refractivity contribution in [2.24, 2.45) is 4.99 Å². The van der Waals surface area contributed by atoms with Crippen LogP contribution in [0.5, 0.6) is 0 Å². The molecule has 0 saturated carbocycles. The summed E-state index contributed by atoms with van der Waals surface area (Å²) in [6.45, 7) is 2.83. The second-order valence-corrected chi connectivity index (χ2v) is 5.23. The highest BCUT2D eigenvalue weighted by Crippen LogP contribution is 1.97. The van der Waals surface area contributed by atoms with Gasteiger partial charge in [-0.2, -0.15) is 16.9 Å². The molecule has 1 aromatic heterocycles. The van der Waals surface area contributed by atoms with Gasteiger partial charge in [0.1, 0.15) is 0 Å². The largest absolute Gasteiger partial charge is 0.356 e. The first-order valence-electron chi connectivity index (χ1n) is 6.77. The summed E-state index contributed by atoms with van der Waals surface area (Å²) in [5.74, 6) is 2.13. The Balaban J connectivity index is 0.00000361. The summed E-state index contributed by atoms with van der Waals surface area (Å²) in [4.78, 5) is 4.21. The van der Waals surface area contributed by atoms with E-state index in [1.807, 2.05) is 42.0 Å². The first-order chi connectivity index (χ1) is 9.36. The number of rotatable bonds is 9. The smallest absolute Gasteiger partial charge is 0.190 e. The minimum absolute atomic E-state index is 0. The molecule has 0 spiro atoms. The van der Waals surface area contributed by atoms with Gasteiger partial charge in [-0.05, 0) is 37.3 Å². The Kier molecular flexibility index (Phi) is 13.2. The Morgan fingerprint density at radius 1 is 1.25 bits per heavy atom. The van der Waals surface area contributed by atoms with E-state index < -0.39 is 0 Å². The number of aliphatic imine (C=N–C) groups is 1. The van der Waals surface area contributed by atoms with Gasteiger partial charge in [0, 0.05) is 39.1 Å². The molecule has 0 bridgehead atoms. The van der Waals surface area contributed by atoms with E-state index in [4.69, 9.17) is 0 Å². The van der Waals surface area contributed by atoms with Crippen LogP contribution in [0.1, 0.15) is 19.3 Å². The molecular weight excluding hydrogens is 385 g/mol. The number of hydrogen-bond acceptors (Lipinski definition) is 3. The van der Waals surface area contributed by atoms with Crippen LogP contribution in [0.3, 0.4) is 0 Å². The van der Waals surface area contributed by atoms with Crippen molar-refractivity contribution in [3.05, 3.63) is 18.5 Å². The molecule has 2 N–H and O–H groups in total. The Hall–Kier alpha value is -0.440. The van der Waals surface area contributed by atoms with Crippen molar-refractivity contribution in [2.45, 2.75) is 25.8 Å². The molecule has 0 saturated heterocycles. The molecule has 0 aliphatic rings. The molecule has 1 aromatic rings. The van der Waals surface area contributed by atoms with Crippen LogP contribution in [-0.4, -0.2) is 47.9 Å². The zero-order chi connectivity index (χ0) is 13.8. The summed E-state index contributed by atoms with van der Waals surface area (Å²) in [7, 11) is 1.81. The number of aromatic nitrogens is 2. The lowest BCUT2D eigenvalue weighted by Gasteiger charge is -2.11. The molecule has 1 heterocycles. The van der Waals surface area contributed by atoms with Crippen LogP contribution in [0, 0.1) is 0 Å². The predicted molar refractivity (Wildman–Crippen MR) is 99.2 cm³/mol. The van der Waals surface area contributed by atoms with Gasteiger partial charge in [0.05, 0.1) is 0 Å². The highest BCUT2D eigenvalue weighted by atomic mass is 127. The number of hydrogen-bond donors (Lipinski definition) is 2. The molecule has 20 heavy (non-hydrogen) atoms. The average molecular weight is 411 g/mol. The van der Waals surface area contributed by atoms with Crippen LogP contribution < -0.4 is 10.6 Å². The van der Waals surface area contributed by atoms with Gasteiger partial charge in [-0.3, -0.25) is 9.67 Å². The monoisotopic (exact) mass is 411 g/mol. The van der Waals surface area contributed by atoms with Gasteiger partial charge >= 0.3 is 0 Å². The number of halogens is 1. The van der Waals surface area contributed by atoms with E-state index in [0.717, 1.165) is 32.0 Å². The van der Waals surface area contributed by atoms with Gasteiger partial charge in [-0.1, -0.05) is 0 Å². The summed E-state index contributed by atoms with van der Waals surface area (Å²) in [5, 5.41) is 10.8. The van der Waals surface area contributed by atoms with Crippen molar-refractivity contribution in [3.63, 3.8) is 0 Å². The molecule has 1 rings (SSSR count). The van der Waals surface area contributed by atoms with Crippen molar-refractivity contribution < 1.29 is 0 Å². The third-order valence-corrected chi connectivity index (χ3v) is 3.40. The van der Waals surface area contributed by atoms with Gasteiger partial charge < -0.3 is 10.6 Å². The number of nitrogens with zero attached hydrogens (tertiary/aromatic N) is 3. The molecule has 0 unspecified atom stereocenters. The quantitative estimate of drug-likeness (QED) is 0.283. The average Bonchev–Trinajstić information content (AvgIpc) is 2.94. The first kappa shape index (κ1) is 19.6. The molecule has 0 aliphatic carbocycles. The van der Waals surface area contributed by atoms with Gasteiger partial charge in [0.2, 0.25) is 0 Å². The number of unbranched alkanes of at least 4 members (excludes halogenated alkanes) is 1. The van der Waals surface area contributed by atoms with Crippen LogP contribution in [0.2, 0.25) is 0 Å². The fraction of sp³-hybridized carbons (Fsp3) is 0.692. The Labute approximate surface area is 143 Å². The SMILES string of the molecule is CN=C(NCCCCSC)NCCCn1cccn1.I.